The maximum atomic E-state index is 11.0. The van der Waals surface area contributed by atoms with E-state index in [0.717, 1.165) is 0 Å². The zero-order chi connectivity index (χ0) is 9.72. The molecule has 0 aromatic heterocycles. The molecule has 0 saturated heterocycles. The molecule has 0 fully saturated rings. The number of nitrogens with zero attached hydrogens (tertiary/aromatic N) is 1. The van der Waals surface area contributed by atoms with Gasteiger partial charge in [0.05, 0.1) is 5.92 Å². The first-order valence-corrected chi connectivity index (χ1v) is 4.28. The minimum absolute atomic E-state index is 0.0284. The number of carbonyl (C=O) groups is 1. The van der Waals surface area contributed by atoms with E-state index in [2.05, 4.69) is 0 Å². The van der Waals surface area contributed by atoms with Gasteiger partial charge in [-0.2, -0.15) is 0 Å². The fourth-order valence-electron chi connectivity index (χ4n) is 0.518. The molecule has 3 heteroatoms. The second-order valence-corrected chi connectivity index (χ2v) is 3.60. The zero-order valence-electron chi connectivity index (χ0n) is 8.63. The smallest absolute Gasteiger partial charge is 0.308 e. The Morgan fingerprint density at radius 3 is 2.17 bits per heavy atom. The highest BCUT2D eigenvalue weighted by Gasteiger charge is 2.11. The van der Waals surface area contributed by atoms with Gasteiger partial charge in [0.1, 0.15) is 6.61 Å². The van der Waals surface area contributed by atoms with Crippen LogP contribution in [-0.2, 0) is 9.53 Å². The van der Waals surface area contributed by atoms with E-state index in [1.807, 2.05) is 39.8 Å². The third-order valence-electron chi connectivity index (χ3n) is 1.82. The van der Waals surface area contributed by atoms with Crippen LogP contribution in [0.3, 0.4) is 0 Å². The van der Waals surface area contributed by atoms with Crippen molar-refractivity contribution in [3.8, 4) is 0 Å². The lowest BCUT2D eigenvalue weighted by molar-refractivity contribution is -0.148. The molecule has 0 amide bonds. The lowest BCUT2D eigenvalue weighted by Crippen LogP contribution is -2.31. The molecule has 0 aromatic rings. The van der Waals surface area contributed by atoms with Crippen molar-refractivity contribution in [3.63, 3.8) is 0 Å². The Morgan fingerprint density at radius 2 is 1.83 bits per heavy atom. The fourth-order valence-corrected chi connectivity index (χ4v) is 0.518. The molecule has 0 N–H and O–H groups in total. The van der Waals surface area contributed by atoms with E-state index in [1.165, 1.54) is 0 Å². The zero-order valence-corrected chi connectivity index (χ0v) is 8.63. The van der Waals surface area contributed by atoms with Gasteiger partial charge in [0.15, 0.2) is 0 Å². The molecule has 0 radical (unpaired) electrons. The Kier molecular flexibility index (Phi) is 4.90. The molecule has 0 aliphatic rings. The van der Waals surface area contributed by atoms with Crippen molar-refractivity contribution < 1.29 is 9.53 Å². The van der Waals surface area contributed by atoms with E-state index in [1.54, 1.807) is 0 Å². The monoisotopic (exact) mass is 173 g/mol. The van der Waals surface area contributed by atoms with Crippen LogP contribution in [0.15, 0.2) is 0 Å². The van der Waals surface area contributed by atoms with Gasteiger partial charge in [0.2, 0.25) is 0 Å². The van der Waals surface area contributed by atoms with Crippen molar-refractivity contribution in [2.75, 3.05) is 20.7 Å². The summed E-state index contributed by atoms with van der Waals surface area (Å²) in [7, 11) is 3.93. The Balaban J connectivity index is 3.61. The lowest BCUT2D eigenvalue weighted by atomic mass is 10.2. The van der Waals surface area contributed by atoms with Crippen molar-refractivity contribution >= 4 is 5.97 Å². The molecule has 0 aliphatic heterocycles. The summed E-state index contributed by atoms with van der Waals surface area (Å²) in [5.74, 6) is -0.150. The SMILES string of the molecule is CC(C)C(=O)OCC(C)N(C)C. The Bertz CT molecular complexity index is 143. The van der Waals surface area contributed by atoms with Crippen LogP contribution in [0.1, 0.15) is 20.8 Å². The number of hydrogen-bond donors (Lipinski definition) is 0. The molecule has 0 bridgehead atoms. The Hall–Kier alpha value is -0.570. The van der Waals surface area contributed by atoms with Crippen molar-refractivity contribution in [2.24, 2.45) is 5.92 Å². The lowest BCUT2D eigenvalue weighted by Gasteiger charge is -2.19. The van der Waals surface area contributed by atoms with Gasteiger partial charge >= 0.3 is 5.97 Å². The van der Waals surface area contributed by atoms with Crippen LogP contribution in [0.5, 0.6) is 0 Å². The average Bonchev–Trinajstić information content (AvgIpc) is 1.98. The van der Waals surface area contributed by atoms with Crippen LogP contribution >= 0.6 is 0 Å². The van der Waals surface area contributed by atoms with Crippen molar-refractivity contribution in [1.29, 1.82) is 0 Å². The first-order valence-electron chi connectivity index (χ1n) is 4.28. The predicted octanol–water partition coefficient (Wildman–Crippen LogP) is 1.14. The van der Waals surface area contributed by atoms with Crippen molar-refractivity contribution in [3.05, 3.63) is 0 Å². The fraction of sp³-hybridized carbons (Fsp3) is 0.889. The van der Waals surface area contributed by atoms with Crippen LogP contribution in [-0.4, -0.2) is 37.6 Å². The van der Waals surface area contributed by atoms with Crippen LogP contribution in [0.2, 0.25) is 0 Å². The molecule has 1 unspecified atom stereocenters. The van der Waals surface area contributed by atoms with Crippen LogP contribution in [0, 0.1) is 5.92 Å². The standard InChI is InChI=1S/C9H19NO2/c1-7(2)9(11)12-6-8(3)10(4)5/h7-8H,6H2,1-5H3. The number of esters is 1. The van der Waals surface area contributed by atoms with Crippen molar-refractivity contribution in [2.45, 2.75) is 26.8 Å². The van der Waals surface area contributed by atoms with Gasteiger partial charge in [-0.3, -0.25) is 4.79 Å². The van der Waals surface area contributed by atoms with Gasteiger partial charge in [0.25, 0.3) is 0 Å². The van der Waals surface area contributed by atoms with E-state index >= 15 is 0 Å². The summed E-state index contributed by atoms with van der Waals surface area (Å²) in [5, 5.41) is 0. The molecular formula is C9H19NO2. The number of likely N-dealkylation sites (N-methyl/N-ethyl adjacent to an activating group) is 1. The van der Waals surface area contributed by atoms with Gasteiger partial charge in [0, 0.05) is 6.04 Å². The highest BCUT2D eigenvalue weighted by Crippen LogP contribution is 1.98. The molecule has 0 rings (SSSR count). The van der Waals surface area contributed by atoms with Gasteiger partial charge in [-0.25, -0.2) is 0 Å². The highest BCUT2D eigenvalue weighted by molar-refractivity contribution is 5.71. The van der Waals surface area contributed by atoms with Gasteiger partial charge < -0.3 is 9.64 Å². The highest BCUT2D eigenvalue weighted by atomic mass is 16.5. The van der Waals surface area contributed by atoms with Gasteiger partial charge in [-0.1, -0.05) is 13.8 Å². The van der Waals surface area contributed by atoms with E-state index in [-0.39, 0.29) is 17.9 Å². The number of rotatable bonds is 4. The van der Waals surface area contributed by atoms with Gasteiger partial charge in [-0.15, -0.1) is 0 Å². The summed E-state index contributed by atoms with van der Waals surface area (Å²) in [6.07, 6.45) is 0. The first kappa shape index (κ1) is 11.4. The maximum Gasteiger partial charge on any atom is 0.308 e. The minimum atomic E-state index is -0.122. The molecule has 1 atom stereocenters. The largest absolute Gasteiger partial charge is 0.464 e. The molecule has 0 heterocycles. The maximum absolute atomic E-state index is 11.0. The molecule has 0 aromatic carbocycles. The Morgan fingerprint density at radius 1 is 1.33 bits per heavy atom. The average molecular weight is 173 g/mol. The van der Waals surface area contributed by atoms with E-state index in [9.17, 15) is 4.79 Å². The van der Waals surface area contributed by atoms with Crippen LogP contribution < -0.4 is 0 Å². The summed E-state index contributed by atoms with van der Waals surface area (Å²) in [4.78, 5) is 13.1. The summed E-state index contributed by atoms with van der Waals surface area (Å²) >= 11 is 0. The minimum Gasteiger partial charge on any atom is -0.464 e. The first-order chi connectivity index (χ1) is 5.45. The quantitative estimate of drug-likeness (QED) is 0.597. The summed E-state index contributed by atoms with van der Waals surface area (Å²) in [5.41, 5.74) is 0. The van der Waals surface area contributed by atoms with E-state index < -0.39 is 0 Å². The van der Waals surface area contributed by atoms with Crippen molar-refractivity contribution in [1.82, 2.24) is 4.90 Å². The topological polar surface area (TPSA) is 29.5 Å². The normalized spacial score (nSPS) is 13.6. The van der Waals surface area contributed by atoms with Crippen LogP contribution in [0.25, 0.3) is 0 Å². The predicted molar refractivity (Wildman–Crippen MR) is 48.9 cm³/mol. The number of carbonyl (C=O) groups excluding carboxylic acids is 1. The molecule has 72 valence electrons. The molecule has 0 spiro atoms. The second kappa shape index (κ2) is 5.14. The molecule has 3 nitrogen and oxygen atoms in total. The third kappa shape index (κ3) is 4.34. The summed E-state index contributed by atoms with van der Waals surface area (Å²) in [6, 6.07) is 0.285. The second-order valence-electron chi connectivity index (χ2n) is 3.60. The van der Waals surface area contributed by atoms with E-state index in [4.69, 9.17) is 4.74 Å². The molecule has 0 aliphatic carbocycles. The van der Waals surface area contributed by atoms with Crippen LogP contribution in [0.4, 0.5) is 0 Å². The Labute approximate surface area is 74.7 Å². The molecule has 12 heavy (non-hydrogen) atoms. The number of hydrogen-bond acceptors (Lipinski definition) is 3. The third-order valence-corrected chi connectivity index (χ3v) is 1.82. The van der Waals surface area contributed by atoms with E-state index in [0.29, 0.717) is 6.61 Å². The summed E-state index contributed by atoms with van der Waals surface area (Å²) in [6.45, 7) is 6.17. The van der Waals surface area contributed by atoms with Gasteiger partial charge in [-0.05, 0) is 21.0 Å². The molecule has 0 saturated carbocycles. The molecular weight excluding hydrogens is 154 g/mol. The number of ether oxygens (including phenoxy) is 1. The summed E-state index contributed by atoms with van der Waals surface area (Å²) < 4.78 is 5.05.